The molecule has 1 aromatic heterocycles. The second-order valence-corrected chi connectivity index (χ2v) is 6.65. The molecular weight excluding hydrogens is 372 g/mol. The molecule has 1 heterocycles. The molecule has 0 aliphatic heterocycles. The number of hydrogen-bond donors (Lipinski definition) is 1. The van der Waals surface area contributed by atoms with Crippen molar-refractivity contribution in [2.24, 2.45) is 5.10 Å². The third-order valence-corrected chi connectivity index (χ3v) is 4.46. The van der Waals surface area contributed by atoms with Crippen LogP contribution in [-0.4, -0.2) is 34.8 Å². The van der Waals surface area contributed by atoms with Crippen molar-refractivity contribution in [3.8, 4) is 22.9 Å². The third-order valence-electron chi connectivity index (χ3n) is 4.20. The highest BCUT2D eigenvalue weighted by Crippen LogP contribution is 2.22. The molecule has 0 bridgehead atoms. The third kappa shape index (κ3) is 5.07. The lowest BCUT2D eigenvalue weighted by Gasteiger charge is -2.06. The predicted molar refractivity (Wildman–Crippen MR) is 114 cm³/mol. The first-order valence-electron chi connectivity index (χ1n) is 9.30. The molecule has 0 amide bonds. The van der Waals surface area contributed by atoms with Crippen LogP contribution < -0.4 is 9.47 Å². The molecule has 0 radical (unpaired) electrons. The predicted octanol–water partition coefficient (Wildman–Crippen LogP) is 5.07. The Hall–Kier alpha value is -2.93. The average molecular weight is 397 g/mol. The Bertz CT molecular complexity index is 977. The van der Waals surface area contributed by atoms with Crippen molar-refractivity contribution in [1.29, 1.82) is 0 Å². The van der Waals surface area contributed by atoms with Crippen LogP contribution in [0.15, 0.2) is 53.6 Å². The van der Waals surface area contributed by atoms with Crippen molar-refractivity contribution in [1.82, 2.24) is 14.9 Å². The van der Waals surface area contributed by atoms with Gasteiger partial charge >= 0.3 is 0 Å². The van der Waals surface area contributed by atoms with E-state index in [4.69, 9.17) is 21.7 Å². The summed E-state index contributed by atoms with van der Waals surface area (Å²) >= 11 is 5.32. The maximum Gasteiger partial charge on any atom is 0.216 e. The van der Waals surface area contributed by atoms with E-state index >= 15 is 0 Å². The Kier molecular flexibility index (Phi) is 6.97. The van der Waals surface area contributed by atoms with E-state index in [2.05, 4.69) is 22.2 Å². The molecule has 0 atom stereocenters. The van der Waals surface area contributed by atoms with Gasteiger partial charge in [0.05, 0.1) is 19.9 Å². The fraction of sp³-hybridized carbons (Fsp3) is 0.286. The number of methoxy groups -OCH3 is 1. The Labute approximate surface area is 169 Å². The monoisotopic (exact) mass is 396 g/mol. The molecule has 0 saturated heterocycles. The summed E-state index contributed by atoms with van der Waals surface area (Å²) in [7, 11) is 1.63. The normalized spacial score (nSPS) is 11.1. The second-order valence-electron chi connectivity index (χ2n) is 6.27. The summed E-state index contributed by atoms with van der Waals surface area (Å²) in [5, 5.41) is 11.6. The van der Waals surface area contributed by atoms with Crippen LogP contribution in [0.5, 0.6) is 11.5 Å². The smallest absolute Gasteiger partial charge is 0.216 e. The topological polar surface area (TPSA) is 64.4 Å². The molecule has 0 aliphatic carbocycles. The van der Waals surface area contributed by atoms with Crippen LogP contribution in [0.4, 0.5) is 0 Å². The standard InChI is InChI=1S/C21H24N4O2S/c1-3-4-5-13-27-18-11-9-16(10-12-18)15-22-25-20(23-24-21(25)28)17-7-6-8-19(14-17)26-2/h6-12,14-15H,3-5,13H2,1-2H3,(H,24,28)/b22-15-. The molecule has 3 rings (SSSR count). The van der Waals surface area contributed by atoms with Gasteiger partial charge in [-0.25, -0.2) is 5.10 Å². The minimum Gasteiger partial charge on any atom is -0.497 e. The van der Waals surface area contributed by atoms with Gasteiger partial charge in [-0.3, -0.25) is 0 Å². The van der Waals surface area contributed by atoms with Gasteiger partial charge in [-0.05, 0) is 60.6 Å². The van der Waals surface area contributed by atoms with Crippen molar-refractivity contribution >= 4 is 18.4 Å². The number of unbranched alkanes of at least 4 members (excludes halogenated alkanes) is 2. The zero-order valence-electron chi connectivity index (χ0n) is 16.1. The highest BCUT2D eigenvalue weighted by Gasteiger charge is 2.09. The van der Waals surface area contributed by atoms with Gasteiger partial charge in [-0.15, -0.1) is 0 Å². The van der Waals surface area contributed by atoms with Gasteiger partial charge in [0.15, 0.2) is 5.82 Å². The first-order valence-corrected chi connectivity index (χ1v) is 9.71. The van der Waals surface area contributed by atoms with Crippen LogP contribution in [-0.2, 0) is 0 Å². The number of nitrogens with one attached hydrogen (secondary N) is 1. The summed E-state index contributed by atoms with van der Waals surface area (Å²) < 4.78 is 13.0. The van der Waals surface area contributed by atoms with E-state index in [1.807, 2.05) is 48.5 Å². The van der Waals surface area contributed by atoms with Gasteiger partial charge in [-0.2, -0.15) is 14.9 Å². The maximum atomic E-state index is 5.74. The molecule has 0 unspecified atom stereocenters. The highest BCUT2D eigenvalue weighted by atomic mass is 32.1. The van der Waals surface area contributed by atoms with Gasteiger partial charge in [-0.1, -0.05) is 31.9 Å². The summed E-state index contributed by atoms with van der Waals surface area (Å²) in [6.45, 7) is 2.93. The molecule has 0 fully saturated rings. The van der Waals surface area contributed by atoms with E-state index < -0.39 is 0 Å². The van der Waals surface area contributed by atoms with E-state index in [9.17, 15) is 0 Å². The Balaban J connectivity index is 1.74. The summed E-state index contributed by atoms with van der Waals surface area (Å²) in [5.41, 5.74) is 1.81. The van der Waals surface area contributed by atoms with E-state index in [-0.39, 0.29) is 0 Å². The molecule has 0 aliphatic rings. The first kappa shape index (κ1) is 19.8. The van der Waals surface area contributed by atoms with Crippen molar-refractivity contribution < 1.29 is 9.47 Å². The van der Waals surface area contributed by atoms with Crippen molar-refractivity contribution in [2.45, 2.75) is 26.2 Å². The number of H-pyrrole nitrogens is 1. The van der Waals surface area contributed by atoms with Crippen LogP contribution in [0.25, 0.3) is 11.4 Å². The quantitative estimate of drug-likeness (QED) is 0.312. The van der Waals surface area contributed by atoms with Crippen molar-refractivity contribution in [2.75, 3.05) is 13.7 Å². The highest BCUT2D eigenvalue weighted by molar-refractivity contribution is 7.71. The molecule has 28 heavy (non-hydrogen) atoms. The lowest BCUT2D eigenvalue weighted by Crippen LogP contribution is -1.97. The molecule has 1 N–H and O–H groups in total. The summed E-state index contributed by atoms with van der Waals surface area (Å²) in [4.78, 5) is 0. The van der Waals surface area contributed by atoms with Gasteiger partial charge in [0.1, 0.15) is 11.5 Å². The van der Waals surface area contributed by atoms with Gasteiger partial charge in [0.2, 0.25) is 4.77 Å². The molecule has 0 saturated carbocycles. The molecule has 7 heteroatoms. The van der Waals surface area contributed by atoms with Crippen LogP contribution in [0.1, 0.15) is 31.7 Å². The molecule has 146 valence electrons. The summed E-state index contributed by atoms with van der Waals surface area (Å²) in [6, 6.07) is 15.4. The number of benzene rings is 2. The zero-order chi connectivity index (χ0) is 19.8. The number of aromatic amines is 1. The number of aromatic nitrogens is 3. The van der Waals surface area contributed by atoms with Gasteiger partial charge in [0, 0.05) is 5.56 Å². The average Bonchev–Trinajstić information content (AvgIpc) is 3.11. The van der Waals surface area contributed by atoms with E-state index in [0.29, 0.717) is 10.6 Å². The first-order chi connectivity index (χ1) is 13.7. The Morgan fingerprint density at radius 2 is 1.96 bits per heavy atom. The van der Waals surface area contributed by atoms with Crippen LogP contribution in [0.3, 0.4) is 0 Å². The fourth-order valence-electron chi connectivity index (χ4n) is 2.66. The number of hydrogen-bond acceptors (Lipinski definition) is 5. The Morgan fingerprint density at radius 1 is 1.14 bits per heavy atom. The zero-order valence-corrected chi connectivity index (χ0v) is 16.9. The van der Waals surface area contributed by atoms with Crippen molar-refractivity contribution in [3.63, 3.8) is 0 Å². The molecule has 3 aromatic rings. The molecular formula is C21H24N4O2S. The van der Waals surface area contributed by atoms with E-state index in [0.717, 1.165) is 35.7 Å². The van der Waals surface area contributed by atoms with Crippen LogP contribution in [0.2, 0.25) is 0 Å². The lowest BCUT2D eigenvalue weighted by molar-refractivity contribution is 0.306. The van der Waals surface area contributed by atoms with Crippen molar-refractivity contribution in [3.05, 3.63) is 58.9 Å². The fourth-order valence-corrected chi connectivity index (χ4v) is 2.84. The van der Waals surface area contributed by atoms with E-state index in [1.54, 1.807) is 18.0 Å². The largest absolute Gasteiger partial charge is 0.497 e. The van der Waals surface area contributed by atoms with Gasteiger partial charge in [0.25, 0.3) is 0 Å². The maximum absolute atomic E-state index is 5.74. The Morgan fingerprint density at radius 3 is 2.71 bits per heavy atom. The molecule has 0 spiro atoms. The number of rotatable bonds is 9. The number of nitrogens with zero attached hydrogens (tertiary/aromatic N) is 3. The SMILES string of the molecule is CCCCCOc1ccc(/C=N\n2c(-c3cccc(OC)c3)n[nH]c2=S)cc1. The van der Waals surface area contributed by atoms with E-state index in [1.165, 1.54) is 12.8 Å². The second kappa shape index (κ2) is 9.85. The summed E-state index contributed by atoms with van der Waals surface area (Å²) in [6.07, 6.45) is 5.19. The van der Waals surface area contributed by atoms with Gasteiger partial charge < -0.3 is 9.47 Å². The minimum absolute atomic E-state index is 0.421. The molecule has 6 nitrogen and oxygen atoms in total. The van der Waals surface area contributed by atoms with Crippen LogP contribution >= 0.6 is 12.2 Å². The van der Waals surface area contributed by atoms with Crippen LogP contribution in [0, 0.1) is 4.77 Å². The minimum atomic E-state index is 0.421. The number of ether oxygens (including phenoxy) is 2. The summed E-state index contributed by atoms with van der Waals surface area (Å²) in [5.74, 6) is 2.23. The lowest BCUT2D eigenvalue weighted by atomic mass is 10.2. The molecule has 2 aromatic carbocycles.